The van der Waals surface area contributed by atoms with Crippen LogP contribution in [-0.2, 0) is 5.75 Å². The monoisotopic (exact) mass is 353 g/mol. The van der Waals surface area contributed by atoms with E-state index in [1.807, 2.05) is 23.9 Å². The van der Waals surface area contributed by atoms with E-state index in [1.165, 1.54) is 11.1 Å². The van der Waals surface area contributed by atoms with E-state index in [-0.39, 0.29) is 0 Å². The minimum absolute atomic E-state index is 0.354. The molecule has 4 heteroatoms. The molecule has 0 saturated heterocycles. The molecule has 2 aromatic carbocycles. The summed E-state index contributed by atoms with van der Waals surface area (Å²) in [4.78, 5) is 0. The molecule has 0 bridgehead atoms. The van der Waals surface area contributed by atoms with Crippen LogP contribution in [0.5, 0.6) is 0 Å². The van der Waals surface area contributed by atoms with Gasteiger partial charge in [-0.15, -0.1) is 0 Å². The van der Waals surface area contributed by atoms with Gasteiger partial charge in [0.15, 0.2) is 0 Å². The van der Waals surface area contributed by atoms with Gasteiger partial charge in [-0.3, -0.25) is 0 Å². The Morgan fingerprint density at radius 2 is 2.05 bits per heavy atom. The summed E-state index contributed by atoms with van der Waals surface area (Å²) >= 11 is 11.5. The quantitative estimate of drug-likeness (QED) is 0.764. The molecule has 0 aliphatic carbocycles. The first-order valence-electron chi connectivity index (χ1n) is 6.11. The second kappa shape index (κ2) is 5.78. The summed E-state index contributed by atoms with van der Waals surface area (Å²) in [6, 6.07) is 15.0. The molecule has 0 amide bonds. The van der Waals surface area contributed by atoms with E-state index in [2.05, 4.69) is 51.6 Å². The number of fused-ring (bicyclic) bond motifs is 1. The summed E-state index contributed by atoms with van der Waals surface area (Å²) in [7, 11) is 0. The van der Waals surface area contributed by atoms with Gasteiger partial charge >= 0.3 is 0 Å². The second-order valence-corrected chi connectivity index (χ2v) is 6.83. The topological polar surface area (TPSA) is 12.0 Å². The Kier molecular flexibility index (Phi) is 4.06. The number of hydrogen-bond donors (Lipinski definition) is 1. The standard InChI is InChI=1S/C15H13BrClNS/c16-13-6-5-11(7-14(13)17)18-15-9-19-8-10-3-1-2-4-12(10)15/h1-7,15,18H,8-9H2. The highest BCUT2D eigenvalue weighted by Crippen LogP contribution is 2.35. The molecule has 0 fully saturated rings. The van der Waals surface area contributed by atoms with E-state index in [1.54, 1.807) is 0 Å². The fraction of sp³-hybridized carbons (Fsp3) is 0.200. The predicted molar refractivity (Wildman–Crippen MR) is 88.1 cm³/mol. The number of rotatable bonds is 2. The Balaban J connectivity index is 1.86. The summed E-state index contributed by atoms with van der Waals surface area (Å²) in [6.45, 7) is 0. The molecule has 98 valence electrons. The molecule has 19 heavy (non-hydrogen) atoms. The highest BCUT2D eigenvalue weighted by molar-refractivity contribution is 9.10. The fourth-order valence-corrected chi connectivity index (χ4v) is 3.82. The van der Waals surface area contributed by atoms with Crippen LogP contribution in [0.2, 0.25) is 5.02 Å². The summed E-state index contributed by atoms with van der Waals surface area (Å²) in [6.07, 6.45) is 0. The first-order chi connectivity index (χ1) is 9.24. The largest absolute Gasteiger partial charge is 0.377 e. The van der Waals surface area contributed by atoms with Crippen molar-refractivity contribution in [3.05, 3.63) is 63.1 Å². The summed E-state index contributed by atoms with van der Waals surface area (Å²) in [5, 5.41) is 4.32. The lowest BCUT2D eigenvalue weighted by Gasteiger charge is -2.27. The molecular weight excluding hydrogens is 342 g/mol. The maximum absolute atomic E-state index is 6.14. The fourth-order valence-electron chi connectivity index (χ4n) is 2.29. The van der Waals surface area contributed by atoms with Crippen molar-refractivity contribution in [1.82, 2.24) is 0 Å². The molecule has 0 aromatic heterocycles. The van der Waals surface area contributed by atoms with E-state index >= 15 is 0 Å². The molecule has 1 aliphatic heterocycles. The molecule has 0 saturated carbocycles. The molecule has 1 aliphatic rings. The number of anilines is 1. The summed E-state index contributed by atoms with van der Waals surface area (Å²) < 4.78 is 0.929. The maximum Gasteiger partial charge on any atom is 0.0607 e. The van der Waals surface area contributed by atoms with Crippen LogP contribution in [0.4, 0.5) is 5.69 Å². The van der Waals surface area contributed by atoms with Gasteiger partial charge in [-0.1, -0.05) is 35.9 Å². The molecule has 1 unspecified atom stereocenters. The van der Waals surface area contributed by atoms with Gasteiger partial charge in [0.1, 0.15) is 0 Å². The zero-order valence-corrected chi connectivity index (χ0v) is 13.4. The van der Waals surface area contributed by atoms with Crippen LogP contribution in [0.25, 0.3) is 0 Å². The number of nitrogens with one attached hydrogen (secondary N) is 1. The molecule has 0 spiro atoms. The van der Waals surface area contributed by atoms with E-state index < -0.39 is 0 Å². The van der Waals surface area contributed by atoms with E-state index in [0.29, 0.717) is 6.04 Å². The molecule has 1 atom stereocenters. The SMILES string of the molecule is Clc1cc(NC2CSCc3ccccc32)ccc1Br. The maximum atomic E-state index is 6.14. The van der Waals surface area contributed by atoms with Gasteiger partial charge in [-0.2, -0.15) is 11.8 Å². The van der Waals surface area contributed by atoms with Crippen molar-refractivity contribution >= 4 is 45.0 Å². The highest BCUT2D eigenvalue weighted by Gasteiger charge is 2.19. The van der Waals surface area contributed by atoms with Gasteiger partial charge in [0, 0.05) is 21.7 Å². The number of halogens is 2. The third-order valence-electron chi connectivity index (χ3n) is 3.23. The average molecular weight is 355 g/mol. The van der Waals surface area contributed by atoms with Gasteiger partial charge < -0.3 is 5.32 Å². The smallest absolute Gasteiger partial charge is 0.0607 e. The lowest BCUT2D eigenvalue weighted by atomic mass is 10.0. The molecule has 3 rings (SSSR count). The first kappa shape index (κ1) is 13.3. The minimum atomic E-state index is 0.354. The Morgan fingerprint density at radius 1 is 1.21 bits per heavy atom. The van der Waals surface area contributed by atoms with Crippen LogP contribution in [0.15, 0.2) is 46.9 Å². The van der Waals surface area contributed by atoms with E-state index in [0.717, 1.165) is 26.7 Å². The zero-order valence-electron chi connectivity index (χ0n) is 10.2. The normalized spacial score (nSPS) is 17.9. The number of benzene rings is 2. The van der Waals surface area contributed by atoms with Crippen molar-refractivity contribution in [2.45, 2.75) is 11.8 Å². The summed E-state index contributed by atoms with van der Waals surface area (Å²) in [5.74, 6) is 2.19. The molecular formula is C15H13BrClNS. The van der Waals surface area contributed by atoms with Crippen LogP contribution in [0, 0.1) is 0 Å². The van der Waals surface area contributed by atoms with Gasteiger partial charge in [0.05, 0.1) is 11.1 Å². The third-order valence-corrected chi connectivity index (χ3v) is 5.55. The van der Waals surface area contributed by atoms with Crippen molar-refractivity contribution in [1.29, 1.82) is 0 Å². The average Bonchev–Trinajstić information content (AvgIpc) is 2.43. The van der Waals surface area contributed by atoms with Crippen molar-refractivity contribution in [3.8, 4) is 0 Å². The third kappa shape index (κ3) is 2.93. The molecule has 0 radical (unpaired) electrons. The van der Waals surface area contributed by atoms with E-state index in [9.17, 15) is 0 Å². The second-order valence-electron chi connectivity index (χ2n) is 4.54. The van der Waals surface area contributed by atoms with Gasteiger partial charge in [-0.25, -0.2) is 0 Å². The van der Waals surface area contributed by atoms with Crippen molar-refractivity contribution in [2.75, 3.05) is 11.1 Å². The molecule has 1 heterocycles. The Morgan fingerprint density at radius 3 is 2.89 bits per heavy atom. The van der Waals surface area contributed by atoms with Gasteiger partial charge in [0.25, 0.3) is 0 Å². The van der Waals surface area contributed by atoms with Crippen LogP contribution in [0.1, 0.15) is 17.2 Å². The van der Waals surface area contributed by atoms with Gasteiger partial charge in [-0.05, 0) is 45.3 Å². The van der Waals surface area contributed by atoms with Crippen molar-refractivity contribution < 1.29 is 0 Å². The first-order valence-corrected chi connectivity index (χ1v) is 8.44. The number of thioether (sulfide) groups is 1. The molecule has 1 N–H and O–H groups in total. The van der Waals surface area contributed by atoms with Crippen molar-refractivity contribution in [3.63, 3.8) is 0 Å². The lowest BCUT2D eigenvalue weighted by molar-refractivity contribution is 0.871. The Bertz CT molecular complexity index is 602. The zero-order chi connectivity index (χ0) is 13.2. The molecule has 2 aromatic rings. The Labute approximate surface area is 130 Å². The highest BCUT2D eigenvalue weighted by atomic mass is 79.9. The predicted octanol–water partition coefficient (Wildman–Crippen LogP) is 5.50. The van der Waals surface area contributed by atoms with Gasteiger partial charge in [0.2, 0.25) is 0 Å². The Hall–Kier alpha value is -0.640. The molecule has 1 nitrogen and oxygen atoms in total. The van der Waals surface area contributed by atoms with Crippen LogP contribution < -0.4 is 5.32 Å². The van der Waals surface area contributed by atoms with Crippen LogP contribution in [-0.4, -0.2) is 5.75 Å². The summed E-state index contributed by atoms with van der Waals surface area (Å²) in [5.41, 5.74) is 3.90. The minimum Gasteiger partial charge on any atom is -0.377 e. The van der Waals surface area contributed by atoms with E-state index in [4.69, 9.17) is 11.6 Å². The van der Waals surface area contributed by atoms with Crippen LogP contribution in [0.3, 0.4) is 0 Å². The lowest BCUT2D eigenvalue weighted by Crippen LogP contribution is -2.18. The van der Waals surface area contributed by atoms with Crippen LogP contribution >= 0.6 is 39.3 Å². The van der Waals surface area contributed by atoms with Crippen molar-refractivity contribution in [2.24, 2.45) is 0 Å². The number of hydrogen-bond acceptors (Lipinski definition) is 2.